The second-order valence-electron chi connectivity index (χ2n) is 5.93. The van der Waals surface area contributed by atoms with Crippen molar-refractivity contribution in [1.29, 1.82) is 0 Å². The zero-order valence-electron chi connectivity index (χ0n) is 13.7. The first kappa shape index (κ1) is 16.8. The monoisotopic (exact) mass is 348 g/mol. The van der Waals surface area contributed by atoms with Crippen LogP contribution in [0, 0.1) is 0 Å². The van der Waals surface area contributed by atoms with Gasteiger partial charge in [-0.15, -0.1) is 11.6 Å². The lowest BCUT2D eigenvalue weighted by Crippen LogP contribution is -2.32. The van der Waals surface area contributed by atoms with Crippen molar-refractivity contribution in [1.82, 2.24) is 10.1 Å². The van der Waals surface area contributed by atoms with Crippen molar-refractivity contribution in [2.24, 2.45) is 0 Å². The molecule has 1 heterocycles. The van der Waals surface area contributed by atoms with E-state index in [0.29, 0.717) is 37.1 Å². The van der Waals surface area contributed by atoms with Crippen LogP contribution in [-0.2, 0) is 11.3 Å². The standard InChI is InChI=1S/C18H21ClN2O3/c1-23-16-6-3-2-5-15(16)17-11-13(20-24-17)12-21(14-8-9-14)18(22)7-4-10-19/h2-3,5-6,11,14H,4,7-10,12H2,1H3. The van der Waals surface area contributed by atoms with Crippen molar-refractivity contribution in [3.63, 3.8) is 0 Å². The number of para-hydroxylation sites is 1. The number of benzene rings is 1. The molecule has 0 unspecified atom stereocenters. The molecule has 128 valence electrons. The van der Waals surface area contributed by atoms with Gasteiger partial charge < -0.3 is 14.2 Å². The van der Waals surface area contributed by atoms with Crippen LogP contribution in [0.2, 0.25) is 0 Å². The van der Waals surface area contributed by atoms with Gasteiger partial charge in [-0.3, -0.25) is 4.79 Å². The predicted octanol–water partition coefficient (Wildman–Crippen LogP) is 3.86. The van der Waals surface area contributed by atoms with Gasteiger partial charge in [-0.1, -0.05) is 17.3 Å². The third kappa shape index (κ3) is 3.90. The Kier molecular flexibility index (Phi) is 5.41. The average Bonchev–Trinajstić information content (AvgIpc) is 3.35. The van der Waals surface area contributed by atoms with E-state index in [0.717, 1.165) is 29.8 Å². The molecule has 5 nitrogen and oxygen atoms in total. The normalized spacial score (nSPS) is 13.8. The molecule has 0 saturated heterocycles. The predicted molar refractivity (Wildman–Crippen MR) is 92.0 cm³/mol. The van der Waals surface area contributed by atoms with E-state index in [1.807, 2.05) is 35.2 Å². The first-order valence-electron chi connectivity index (χ1n) is 8.17. The van der Waals surface area contributed by atoms with Crippen LogP contribution in [0.5, 0.6) is 5.75 Å². The molecule has 2 aromatic rings. The molecule has 0 aliphatic heterocycles. The number of methoxy groups -OCH3 is 1. The summed E-state index contributed by atoms with van der Waals surface area (Å²) in [5.41, 5.74) is 1.60. The van der Waals surface area contributed by atoms with Crippen LogP contribution >= 0.6 is 11.6 Å². The van der Waals surface area contributed by atoms with Crippen LogP contribution in [0.1, 0.15) is 31.4 Å². The van der Waals surface area contributed by atoms with Gasteiger partial charge in [-0.25, -0.2) is 0 Å². The fraction of sp³-hybridized carbons (Fsp3) is 0.444. The van der Waals surface area contributed by atoms with E-state index in [2.05, 4.69) is 5.16 Å². The van der Waals surface area contributed by atoms with Gasteiger partial charge in [0, 0.05) is 24.4 Å². The van der Waals surface area contributed by atoms with Crippen LogP contribution in [0.15, 0.2) is 34.9 Å². The maximum atomic E-state index is 12.4. The van der Waals surface area contributed by atoms with Crippen LogP contribution in [0.25, 0.3) is 11.3 Å². The quantitative estimate of drug-likeness (QED) is 0.680. The molecule has 0 N–H and O–H groups in total. The summed E-state index contributed by atoms with van der Waals surface area (Å²) in [5.74, 6) is 2.02. The van der Waals surface area contributed by atoms with Crippen molar-refractivity contribution < 1.29 is 14.1 Å². The molecule has 1 aliphatic rings. The molecule has 6 heteroatoms. The molecule has 0 spiro atoms. The van der Waals surface area contributed by atoms with Gasteiger partial charge in [0.25, 0.3) is 0 Å². The number of rotatable bonds is 8. The third-order valence-corrected chi connectivity index (χ3v) is 4.36. The van der Waals surface area contributed by atoms with E-state index >= 15 is 0 Å². The van der Waals surface area contributed by atoms with E-state index in [1.165, 1.54) is 0 Å². The lowest BCUT2D eigenvalue weighted by molar-refractivity contribution is -0.132. The van der Waals surface area contributed by atoms with Gasteiger partial charge in [-0.2, -0.15) is 0 Å². The molecule has 24 heavy (non-hydrogen) atoms. The number of carbonyl (C=O) groups is 1. The smallest absolute Gasteiger partial charge is 0.223 e. The highest BCUT2D eigenvalue weighted by molar-refractivity contribution is 6.17. The van der Waals surface area contributed by atoms with Gasteiger partial charge in [0.2, 0.25) is 5.91 Å². The number of carbonyl (C=O) groups excluding carboxylic acids is 1. The molecular formula is C18H21ClN2O3. The van der Waals surface area contributed by atoms with Crippen LogP contribution < -0.4 is 4.74 Å². The molecule has 0 radical (unpaired) electrons. The average molecular weight is 349 g/mol. The number of aromatic nitrogens is 1. The molecule has 0 atom stereocenters. The summed E-state index contributed by atoms with van der Waals surface area (Å²) in [6.07, 6.45) is 3.31. The molecule has 1 aromatic heterocycles. The van der Waals surface area contributed by atoms with Gasteiger partial charge in [-0.05, 0) is 31.4 Å². The fourth-order valence-corrected chi connectivity index (χ4v) is 2.84. The van der Waals surface area contributed by atoms with Gasteiger partial charge >= 0.3 is 0 Å². The summed E-state index contributed by atoms with van der Waals surface area (Å²) >= 11 is 5.70. The molecule has 0 bridgehead atoms. The number of halogens is 1. The molecule has 1 aliphatic carbocycles. The fourth-order valence-electron chi connectivity index (χ4n) is 2.70. The van der Waals surface area contributed by atoms with Gasteiger partial charge in [0.1, 0.15) is 11.4 Å². The Bertz CT molecular complexity index is 697. The first-order valence-corrected chi connectivity index (χ1v) is 8.70. The summed E-state index contributed by atoms with van der Waals surface area (Å²) in [6.45, 7) is 0.477. The SMILES string of the molecule is COc1ccccc1-c1cc(CN(C(=O)CCCCl)C2CC2)no1. The van der Waals surface area contributed by atoms with Crippen molar-refractivity contribution >= 4 is 17.5 Å². The van der Waals surface area contributed by atoms with Crippen LogP contribution in [0.4, 0.5) is 0 Å². The minimum Gasteiger partial charge on any atom is -0.496 e. The zero-order chi connectivity index (χ0) is 16.9. The number of amides is 1. The zero-order valence-corrected chi connectivity index (χ0v) is 14.5. The van der Waals surface area contributed by atoms with Crippen molar-refractivity contribution in [3.05, 3.63) is 36.0 Å². The van der Waals surface area contributed by atoms with Crippen LogP contribution in [-0.4, -0.2) is 35.0 Å². The Morgan fingerprint density at radius 3 is 2.92 bits per heavy atom. The largest absolute Gasteiger partial charge is 0.496 e. The summed E-state index contributed by atoms with van der Waals surface area (Å²) < 4.78 is 10.8. The second kappa shape index (κ2) is 7.71. The van der Waals surface area contributed by atoms with Crippen molar-refractivity contribution in [2.75, 3.05) is 13.0 Å². The minimum absolute atomic E-state index is 0.139. The lowest BCUT2D eigenvalue weighted by Gasteiger charge is -2.21. The Hall–Kier alpha value is -2.01. The second-order valence-corrected chi connectivity index (χ2v) is 6.31. The number of ether oxygens (including phenoxy) is 1. The molecule has 1 aromatic carbocycles. The lowest BCUT2D eigenvalue weighted by atomic mass is 10.1. The Labute approximate surface area is 146 Å². The highest BCUT2D eigenvalue weighted by Gasteiger charge is 2.32. The van der Waals surface area contributed by atoms with E-state index in [4.69, 9.17) is 20.9 Å². The van der Waals surface area contributed by atoms with E-state index in [-0.39, 0.29) is 5.91 Å². The number of alkyl halides is 1. The Morgan fingerprint density at radius 1 is 1.42 bits per heavy atom. The number of hydrogen-bond acceptors (Lipinski definition) is 4. The molecule has 1 fully saturated rings. The summed E-state index contributed by atoms with van der Waals surface area (Å²) in [7, 11) is 1.63. The van der Waals surface area contributed by atoms with Crippen molar-refractivity contribution in [2.45, 2.75) is 38.3 Å². The molecule has 3 rings (SSSR count). The number of hydrogen-bond donors (Lipinski definition) is 0. The minimum atomic E-state index is 0.139. The van der Waals surface area contributed by atoms with E-state index in [9.17, 15) is 4.79 Å². The number of nitrogens with zero attached hydrogens (tertiary/aromatic N) is 2. The molecule has 1 amide bonds. The van der Waals surface area contributed by atoms with Crippen molar-refractivity contribution in [3.8, 4) is 17.1 Å². The van der Waals surface area contributed by atoms with E-state index in [1.54, 1.807) is 7.11 Å². The Morgan fingerprint density at radius 2 is 2.21 bits per heavy atom. The van der Waals surface area contributed by atoms with Crippen LogP contribution in [0.3, 0.4) is 0 Å². The summed E-state index contributed by atoms with van der Waals surface area (Å²) in [6, 6.07) is 9.84. The van der Waals surface area contributed by atoms with Gasteiger partial charge in [0.05, 0.1) is 19.2 Å². The highest BCUT2D eigenvalue weighted by Crippen LogP contribution is 2.32. The topological polar surface area (TPSA) is 55.6 Å². The maximum absolute atomic E-state index is 12.4. The maximum Gasteiger partial charge on any atom is 0.223 e. The first-order chi connectivity index (χ1) is 11.7. The highest BCUT2D eigenvalue weighted by atomic mass is 35.5. The Balaban J connectivity index is 1.73. The third-order valence-electron chi connectivity index (χ3n) is 4.10. The summed E-state index contributed by atoms with van der Waals surface area (Å²) in [4.78, 5) is 14.3. The molecule has 1 saturated carbocycles. The molecular weight excluding hydrogens is 328 g/mol. The van der Waals surface area contributed by atoms with Gasteiger partial charge in [0.15, 0.2) is 5.76 Å². The summed E-state index contributed by atoms with van der Waals surface area (Å²) in [5, 5.41) is 4.13. The van der Waals surface area contributed by atoms with E-state index < -0.39 is 0 Å².